The summed E-state index contributed by atoms with van der Waals surface area (Å²) in [5.74, 6) is 1.44. The molecule has 0 spiro atoms. The molecule has 0 unspecified atom stereocenters. The van der Waals surface area contributed by atoms with Gasteiger partial charge >= 0.3 is 0 Å². The Hall–Kier alpha value is -1.20. The van der Waals surface area contributed by atoms with Crippen molar-refractivity contribution < 1.29 is 9.47 Å². The van der Waals surface area contributed by atoms with Gasteiger partial charge in [-0.05, 0) is 20.8 Å². The number of nitrogens with zero attached hydrogens (tertiary/aromatic N) is 2. The fourth-order valence-corrected chi connectivity index (χ4v) is 1.54. The van der Waals surface area contributed by atoms with Gasteiger partial charge in [-0.25, -0.2) is 9.97 Å². The van der Waals surface area contributed by atoms with Crippen LogP contribution in [0.5, 0.6) is 0 Å². The van der Waals surface area contributed by atoms with Gasteiger partial charge < -0.3 is 14.8 Å². The summed E-state index contributed by atoms with van der Waals surface area (Å²) in [5.41, 5.74) is 0.346. The maximum absolute atomic E-state index is 5.65. The van der Waals surface area contributed by atoms with Crippen molar-refractivity contribution in [3.8, 4) is 0 Å². The van der Waals surface area contributed by atoms with Crippen molar-refractivity contribution >= 4 is 5.82 Å². The molecule has 17 heavy (non-hydrogen) atoms. The van der Waals surface area contributed by atoms with E-state index < -0.39 is 5.60 Å². The second-order valence-electron chi connectivity index (χ2n) is 4.19. The quantitative estimate of drug-likeness (QED) is 0.822. The van der Waals surface area contributed by atoms with Crippen molar-refractivity contribution in [3.05, 3.63) is 17.6 Å². The average molecular weight is 239 g/mol. The molecule has 96 valence electrons. The second-order valence-corrected chi connectivity index (χ2v) is 4.19. The number of anilines is 1. The minimum absolute atomic E-state index is 0.465. The zero-order valence-corrected chi connectivity index (χ0v) is 11.2. The minimum Gasteiger partial charge on any atom is -0.378 e. The van der Waals surface area contributed by atoms with E-state index in [-0.39, 0.29) is 0 Å². The van der Waals surface area contributed by atoms with E-state index >= 15 is 0 Å². The van der Waals surface area contributed by atoms with Crippen LogP contribution in [0.25, 0.3) is 0 Å². The van der Waals surface area contributed by atoms with Crippen LogP contribution in [0.2, 0.25) is 0 Å². The van der Waals surface area contributed by atoms with Gasteiger partial charge in [0, 0.05) is 26.8 Å². The molecule has 0 saturated heterocycles. The van der Waals surface area contributed by atoms with E-state index in [2.05, 4.69) is 15.3 Å². The van der Waals surface area contributed by atoms with E-state index in [0.717, 1.165) is 11.5 Å². The van der Waals surface area contributed by atoms with Crippen LogP contribution in [0, 0.1) is 0 Å². The van der Waals surface area contributed by atoms with Crippen LogP contribution < -0.4 is 5.32 Å². The molecule has 0 saturated carbocycles. The topological polar surface area (TPSA) is 56.3 Å². The highest BCUT2D eigenvalue weighted by atomic mass is 16.5. The third-order valence-electron chi connectivity index (χ3n) is 2.37. The molecule has 1 aromatic heterocycles. The summed E-state index contributed by atoms with van der Waals surface area (Å²) < 4.78 is 10.8. The number of aromatic nitrogens is 2. The molecule has 5 heteroatoms. The fourth-order valence-electron chi connectivity index (χ4n) is 1.54. The van der Waals surface area contributed by atoms with E-state index in [1.807, 2.05) is 33.9 Å². The maximum Gasteiger partial charge on any atom is 0.162 e. The highest BCUT2D eigenvalue weighted by Gasteiger charge is 2.25. The molecule has 0 fully saturated rings. The Morgan fingerprint density at radius 2 is 2.06 bits per heavy atom. The first-order chi connectivity index (χ1) is 8.03. The predicted octanol–water partition coefficient (Wildman–Crippen LogP) is 1.94. The Morgan fingerprint density at radius 1 is 1.35 bits per heavy atom. The smallest absolute Gasteiger partial charge is 0.162 e. The Morgan fingerprint density at radius 3 is 2.59 bits per heavy atom. The number of hydrogen-bond acceptors (Lipinski definition) is 5. The van der Waals surface area contributed by atoms with Crippen molar-refractivity contribution in [1.29, 1.82) is 0 Å². The summed E-state index contributed by atoms with van der Waals surface area (Å²) in [5, 5.41) is 3.02. The lowest BCUT2D eigenvalue weighted by atomic mass is 10.1. The number of hydrogen-bond donors (Lipinski definition) is 1. The van der Waals surface area contributed by atoms with Crippen molar-refractivity contribution in [3.63, 3.8) is 0 Å². The standard InChI is InChI=1S/C12H21N3O2/c1-6-17-12(2,3)11-14-9(8-16-5)7-10(13-4)15-11/h7H,6,8H2,1-5H3,(H,13,14,15). The van der Waals surface area contributed by atoms with Gasteiger partial charge in [0.25, 0.3) is 0 Å². The van der Waals surface area contributed by atoms with Crippen LogP contribution >= 0.6 is 0 Å². The molecule has 0 atom stereocenters. The van der Waals surface area contributed by atoms with Gasteiger partial charge in [0.15, 0.2) is 5.82 Å². The third kappa shape index (κ3) is 3.64. The molecule has 0 aromatic carbocycles. The number of nitrogens with one attached hydrogen (secondary N) is 1. The first-order valence-electron chi connectivity index (χ1n) is 5.72. The molecule has 1 rings (SSSR count). The van der Waals surface area contributed by atoms with Crippen molar-refractivity contribution in [2.75, 3.05) is 26.1 Å². The van der Waals surface area contributed by atoms with Crippen molar-refractivity contribution in [2.24, 2.45) is 0 Å². The zero-order valence-electron chi connectivity index (χ0n) is 11.2. The van der Waals surface area contributed by atoms with E-state index in [0.29, 0.717) is 19.0 Å². The first-order valence-corrected chi connectivity index (χ1v) is 5.72. The van der Waals surface area contributed by atoms with Gasteiger partial charge in [-0.3, -0.25) is 0 Å². The number of rotatable bonds is 6. The summed E-state index contributed by atoms with van der Waals surface area (Å²) in [6.07, 6.45) is 0. The second kappa shape index (κ2) is 5.93. The fraction of sp³-hybridized carbons (Fsp3) is 0.667. The predicted molar refractivity (Wildman–Crippen MR) is 66.9 cm³/mol. The van der Waals surface area contributed by atoms with E-state index in [1.54, 1.807) is 7.11 Å². The summed E-state index contributed by atoms with van der Waals surface area (Å²) in [6, 6.07) is 1.87. The maximum atomic E-state index is 5.65. The highest BCUT2D eigenvalue weighted by molar-refractivity contribution is 5.35. The lowest BCUT2D eigenvalue weighted by molar-refractivity contribution is -0.0210. The van der Waals surface area contributed by atoms with Crippen LogP contribution in [0.3, 0.4) is 0 Å². The average Bonchev–Trinajstić information content (AvgIpc) is 2.29. The molecule has 0 radical (unpaired) electrons. The molecule has 0 amide bonds. The van der Waals surface area contributed by atoms with E-state index in [1.165, 1.54) is 0 Å². The van der Waals surface area contributed by atoms with Crippen molar-refractivity contribution in [2.45, 2.75) is 33.0 Å². The van der Waals surface area contributed by atoms with Crippen LogP contribution in [-0.2, 0) is 21.7 Å². The minimum atomic E-state index is -0.496. The first kappa shape index (κ1) is 13.9. The molecule has 0 aliphatic carbocycles. The van der Waals surface area contributed by atoms with Gasteiger partial charge in [-0.1, -0.05) is 0 Å². The Labute approximate surface area is 103 Å². The normalized spacial score (nSPS) is 11.6. The van der Waals surface area contributed by atoms with Gasteiger partial charge in [-0.15, -0.1) is 0 Å². The Kier molecular flexibility index (Phi) is 4.84. The van der Waals surface area contributed by atoms with Crippen molar-refractivity contribution in [1.82, 2.24) is 9.97 Å². The highest BCUT2D eigenvalue weighted by Crippen LogP contribution is 2.23. The lowest BCUT2D eigenvalue weighted by Gasteiger charge is -2.23. The summed E-state index contributed by atoms with van der Waals surface area (Å²) in [6.45, 7) is 6.97. The monoisotopic (exact) mass is 239 g/mol. The molecular formula is C12H21N3O2. The Bertz CT molecular complexity index is 367. The SMILES string of the molecule is CCOC(C)(C)c1nc(COC)cc(NC)n1. The largest absolute Gasteiger partial charge is 0.378 e. The van der Waals surface area contributed by atoms with Crippen LogP contribution in [0.4, 0.5) is 5.82 Å². The molecule has 1 aromatic rings. The van der Waals surface area contributed by atoms with Gasteiger partial charge in [0.05, 0.1) is 12.3 Å². The molecule has 1 heterocycles. The summed E-state index contributed by atoms with van der Waals surface area (Å²) >= 11 is 0. The number of ether oxygens (including phenoxy) is 2. The van der Waals surface area contributed by atoms with Gasteiger partial charge in [0.1, 0.15) is 11.4 Å². The molecular weight excluding hydrogens is 218 g/mol. The molecule has 0 aliphatic heterocycles. The van der Waals surface area contributed by atoms with Crippen LogP contribution in [0.1, 0.15) is 32.3 Å². The molecule has 1 N–H and O–H groups in total. The van der Waals surface area contributed by atoms with Gasteiger partial charge in [-0.2, -0.15) is 0 Å². The summed E-state index contributed by atoms with van der Waals surface area (Å²) in [7, 11) is 3.48. The molecule has 0 aliphatic rings. The number of methoxy groups -OCH3 is 1. The Balaban J connectivity index is 3.09. The molecule has 5 nitrogen and oxygen atoms in total. The van der Waals surface area contributed by atoms with E-state index in [4.69, 9.17) is 9.47 Å². The van der Waals surface area contributed by atoms with Crippen LogP contribution in [-0.4, -0.2) is 30.7 Å². The molecule has 0 bridgehead atoms. The van der Waals surface area contributed by atoms with Crippen LogP contribution in [0.15, 0.2) is 6.07 Å². The third-order valence-corrected chi connectivity index (χ3v) is 2.37. The van der Waals surface area contributed by atoms with Gasteiger partial charge in [0.2, 0.25) is 0 Å². The van der Waals surface area contributed by atoms with E-state index in [9.17, 15) is 0 Å². The summed E-state index contributed by atoms with van der Waals surface area (Å²) in [4.78, 5) is 8.88. The zero-order chi connectivity index (χ0) is 12.9. The lowest BCUT2D eigenvalue weighted by Crippen LogP contribution is -2.25.